The Bertz CT molecular complexity index is 237. The molecule has 0 spiro atoms. The van der Waals surface area contributed by atoms with Crippen LogP contribution in [0.4, 0.5) is 0 Å². The highest BCUT2D eigenvalue weighted by Crippen LogP contribution is 2.11. The van der Waals surface area contributed by atoms with Crippen LogP contribution in [-0.4, -0.2) is 48.3 Å². The maximum absolute atomic E-state index is 11.5. The highest BCUT2D eigenvalue weighted by atomic mass is 16.5. The van der Waals surface area contributed by atoms with Crippen molar-refractivity contribution < 1.29 is 14.6 Å². The average molecular weight is 243 g/mol. The van der Waals surface area contributed by atoms with E-state index in [9.17, 15) is 4.79 Å². The molecular formula is C13H25NO3. The van der Waals surface area contributed by atoms with Crippen LogP contribution in [0.2, 0.25) is 0 Å². The lowest BCUT2D eigenvalue weighted by Gasteiger charge is -2.29. The first-order valence-corrected chi connectivity index (χ1v) is 6.30. The van der Waals surface area contributed by atoms with E-state index < -0.39 is 0 Å². The average Bonchev–Trinajstić information content (AvgIpc) is 2.31. The third-order valence-corrected chi connectivity index (χ3v) is 2.80. The first-order chi connectivity index (χ1) is 8.10. The van der Waals surface area contributed by atoms with E-state index in [1.54, 1.807) is 6.92 Å². The van der Waals surface area contributed by atoms with Gasteiger partial charge in [-0.25, -0.2) is 4.79 Å². The molecule has 0 aromatic carbocycles. The number of esters is 1. The fraction of sp³-hybridized carbons (Fsp3) is 0.769. The maximum Gasteiger partial charge on any atom is 0.334 e. The van der Waals surface area contributed by atoms with Crippen molar-refractivity contribution >= 4 is 5.97 Å². The molecule has 0 fully saturated rings. The number of rotatable bonds is 9. The number of carbonyl (C=O) groups is 1. The van der Waals surface area contributed by atoms with Crippen LogP contribution in [0.3, 0.4) is 0 Å². The predicted octanol–water partition coefficient (Wildman–Crippen LogP) is 1.59. The van der Waals surface area contributed by atoms with Crippen LogP contribution in [-0.2, 0) is 9.53 Å². The summed E-state index contributed by atoms with van der Waals surface area (Å²) in [6.45, 7) is 11.2. The van der Waals surface area contributed by atoms with Crippen LogP contribution in [0.5, 0.6) is 0 Å². The first kappa shape index (κ1) is 16.1. The van der Waals surface area contributed by atoms with Gasteiger partial charge in [0.2, 0.25) is 0 Å². The number of hydrogen-bond donors (Lipinski definition) is 1. The van der Waals surface area contributed by atoms with Crippen molar-refractivity contribution in [3.8, 4) is 0 Å². The molecule has 0 aromatic rings. The summed E-state index contributed by atoms with van der Waals surface area (Å²) in [6, 6.07) is 0.369. The molecule has 0 saturated heterocycles. The van der Waals surface area contributed by atoms with Crippen LogP contribution in [0.1, 0.15) is 33.6 Å². The lowest BCUT2D eigenvalue weighted by molar-refractivity contribution is -0.138. The maximum atomic E-state index is 11.5. The Kier molecular flexibility index (Phi) is 8.72. The van der Waals surface area contributed by atoms with Gasteiger partial charge in [-0.1, -0.05) is 20.4 Å². The third kappa shape index (κ3) is 5.84. The molecule has 0 amide bonds. The van der Waals surface area contributed by atoms with Gasteiger partial charge in [-0.05, 0) is 19.8 Å². The van der Waals surface area contributed by atoms with E-state index in [2.05, 4.69) is 25.3 Å². The molecule has 0 aliphatic rings. The fourth-order valence-corrected chi connectivity index (χ4v) is 1.87. The summed E-state index contributed by atoms with van der Waals surface area (Å²) >= 11 is 0. The minimum atomic E-state index is -0.346. The summed E-state index contributed by atoms with van der Waals surface area (Å²) < 4.78 is 4.90. The van der Waals surface area contributed by atoms with Crippen LogP contribution < -0.4 is 0 Å². The topological polar surface area (TPSA) is 49.8 Å². The van der Waals surface area contributed by atoms with Gasteiger partial charge in [0.05, 0.1) is 13.2 Å². The van der Waals surface area contributed by atoms with E-state index in [0.29, 0.717) is 31.3 Å². The molecular weight excluding hydrogens is 218 g/mol. The Morgan fingerprint density at radius 2 is 1.94 bits per heavy atom. The number of aliphatic hydroxyl groups excluding tert-OH is 1. The Balaban J connectivity index is 4.42. The predicted molar refractivity (Wildman–Crippen MR) is 68.8 cm³/mol. The third-order valence-electron chi connectivity index (χ3n) is 2.80. The lowest BCUT2D eigenvalue weighted by Crippen LogP contribution is -2.39. The van der Waals surface area contributed by atoms with Crippen molar-refractivity contribution in [2.24, 2.45) is 0 Å². The number of ether oxygens (including phenoxy) is 1. The van der Waals surface area contributed by atoms with Gasteiger partial charge in [-0.3, -0.25) is 4.90 Å². The summed E-state index contributed by atoms with van der Waals surface area (Å²) in [5, 5.41) is 9.04. The zero-order valence-corrected chi connectivity index (χ0v) is 11.2. The van der Waals surface area contributed by atoms with Gasteiger partial charge < -0.3 is 9.84 Å². The molecule has 4 heteroatoms. The van der Waals surface area contributed by atoms with E-state index >= 15 is 0 Å². The molecule has 4 nitrogen and oxygen atoms in total. The highest BCUT2D eigenvalue weighted by Gasteiger charge is 2.18. The Morgan fingerprint density at radius 3 is 2.35 bits per heavy atom. The molecule has 0 saturated carbocycles. The largest absolute Gasteiger partial charge is 0.463 e. The molecule has 1 N–H and O–H groups in total. The molecule has 0 radical (unpaired) electrons. The number of aliphatic hydroxyl groups is 1. The SMILES string of the molecule is C=C(CN(CCO)C(CC)CC)C(=O)OCC. The number of nitrogens with zero attached hydrogens (tertiary/aromatic N) is 1. The van der Waals surface area contributed by atoms with Gasteiger partial charge >= 0.3 is 5.97 Å². The van der Waals surface area contributed by atoms with Gasteiger partial charge in [-0.15, -0.1) is 0 Å². The van der Waals surface area contributed by atoms with Crippen LogP contribution >= 0.6 is 0 Å². The molecule has 0 bridgehead atoms. The van der Waals surface area contributed by atoms with E-state index in [1.807, 2.05) is 0 Å². The lowest BCUT2D eigenvalue weighted by atomic mass is 10.1. The van der Waals surface area contributed by atoms with Gasteiger partial charge in [-0.2, -0.15) is 0 Å². The second-order valence-corrected chi connectivity index (χ2v) is 3.99. The fourth-order valence-electron chi connectivity index (χ4n) is 1.87. The molecule has 0 aliphatic carbocycles. The Hall–Kier alpha value is -0.870. The Labute approximate surface area is 104 Å². The summed E-state index contributed by atoms with van der Waals surface area (Å²) in [4.78, 5) is 13.6. The molecule has 0 rings (SSSR count). The van der Waals surface area contributed by atoms with Crippen LogP contribution in [0, 0.1) is 0 Å². The molecule has 100 valence electrons. The van der Waals surface area contributed by atoms with Crippen molar-refractivity contribution in [1.82, 2.24) is 4.90 Å². The van der Waals surface area contributed by atoms with Gasteiger partial charge in [0.15, 0.2) is 0 Å². The summed E-state index contributed by atoms with van der Waals surface area (Å²) in [6.07, 6.45) is 1.99. The van der Waals surface area contributed by atoms with Crippen molar-refractivity contribution in [2.45, 2.75) is 39.7 Å². The minimum absolute atomic E-state index is 0.0899. The second kappa shape index (κ2) is 9.19. The van der Waals surface area contributed by atoms with E-state index in [1.165, 1.54) is 0 Å². The van der Waals surface area contributed by atoms with Crippen LogP contribution in [0.15, 0.2) is 12.2 Å². The van der Waals surface area contributed by atoms with Crippen molar-refractivity contribution in [3.63, 3.8) is 0 Å². The molecule has 0 atom stereocenters. The zero-order chi connectivity index (χ0) is 13.3. The van der Waals surface area contributed by atoms with Gasteiger partial charge in [0, 0.05) is 24.7 Å². The summed E-state index contributed by atoms with van der Waals surface area (Å²) in [5.74, 6) is -0.346. The normalized spacial score (nSPS) is 10.9. The molecule has 0 aliphatic heterocycles. The first-order valence-electron chi connectivity index (χ1n) is 6.30. The number of hydrogen-bond acceptors (Lipinski definition) is 4. The summed E-state index contributed by atoms with van der Waals surface area (Å²) in [5.41, 5.74) is 0.451. The molecule has 0 aromatic heterocycles. The Morgan fingerprint density at radius 1 is 1.35 bits per heavy atom. The molecule has 0 heterocycles. The standard InChI is InChI=1S/C13H25NO3/c1-5-12(6-2)14(8-9-15)10-11(4)13(16)17-7-3/h12,15H,4-10H2,1-3H3. The van der Waals surface area contributed by atoms with E-state index in [0.717, 1.165) is 12.8 Å². The number of carbonyl (C=O) groups excluding carboxylic acids is 1. The van der Waals surface area contributed by atoms with Crippen LogP contribution in [0.25, 0.3) is 0 Å². The quantitative estimate of drug-likeness (QED) is 0.493. The van der Waals surface area contributed by atoms with Crippen molar-refractivity contribution in [2.75, 3.05) is 26.3 Å². The monoisotopic (exact) mass is 243 g/mol. The highest BCUT2D eigenvalue weighted by molar-refractivity contribution is 5.88. The zero-order valence-electron chi connectivity index (χ0n) is 11.2. The molecule has 0 unspecified atom stereocenters. The van der Waals surface area contributed by atoms with E-state index in [-0.39, 0.29) is 12.6 Å². The second-order valence-electron chi connectivity index (χ2n) is 3.99. The molecule has 17 heavy (non-hydrogen) atoms. The smallest absolute Gasteiger partial charge is 0.334 e. The van der Waals surface area contributed by atoms with Gasteiger partial charge in [0.25, 0.3) is 0 Å². The summed E-state index contributed by atoms with van der Waals surface area (Å²) in [7, 11) is 0. The van der Waals surface area contributed by atoms with Crippen molar-refractivity contribution in [3.05, 3.63) is 12.2 Å². The minimum Gasteiger partial charge on any atom is -0.463 e. The van der Waals surface area contributed by atoms with E-state index in [4.69, 9.17) is 9.84 Å². The van der Waals surface area contributed by atoms with Crippen molar-refractivity contribution in [1.29, 1.82) is 0 Å². The van der Waals surface area contributed by atoms with Gasteiger partial charge in [0.1, 0.15) is 0 Å².